The lowest BCUT2D eigenvalue weighted by Gasteiger charge is -2.19. The summed E-state index contributed by atoms with van der Waals surface area (Å²) in [6.07, 6.45) is -17.8. The average Bonchev–Trinajstić information content (AvgIpc) is 2.79. The van der Waals surface area contributed by atoms with Gasteiger partial charge in [0, 0.05) is 12.0 Å². The summed E-state index contributed by atoms with van der Waals surface area (Å²) in [4.78, 5) is 23.5. The Hall–Kier alpha value is -3.00. The van der Waals surface area contributed by atoms with Gasteiger partial charge >= 0.3 is 18.5 Å². The maximum atomic E-state index is 14.8. The van der Waals surface area contributed by atoms with Gasteiger partial charge in [0.2, 0.25) is 5.91 Å². The largest absolute Gasteiger partial charge is 0.417 e. The van der Waals surface area contributed by atoms with Gasteiger partial charge in [-0.05, 0) is 35.9 Å². The molecule has 16 heteroatoms. The zero-order valence-electron chi connectivity index (χ0n) is 18.4. The van der Waals surface area contributed by atoms with Crippen LogP contribution in [0.5, 0.6) is 0 Å². The van der Waals surface area contributed by atoms with E-state index in [1.165, 1.54) is 10.9 Å². The smallest absolute Gasteiger partial charge is 0.273 e. The number of amides is 2. The quantitative estimate of drug-likeness (QED) is 0.264. The van der Waals surface area contributed by atoms with Crippen LogP contribution in [0.3, 0.4) is 0 Å². The number of carbonyl (C=O) groups is 2. The number of hydrogen-bond acceptors (Lipinski definition) is 2. The standard InChI is InChI=1S/C22H14Cl2F10N2O2/c23-15-4-2-10(8-16(15)24)13(21(29,30)31)9-17(25)11-1-3-12(14(7-11)22(32,33)34)19(38)36-35-18(37)5-6-20(26,27)28/h1-4,7-9,13H,5-6H2,(H,35,37)(H,36,38). The Morgan fingerprint density at radius 1 is 0.868 bits per heavy atom. The maximum absolute atomic E-state index is 14.8. The van der Waals surface area contributed by atoms with Crippen LogP contribution in [0.2, 0.25) is 10.0 Å². The second-order valence-corrected chi connectivity index (χ2v) is 8.40. The van der Waals surface area contributed by atoms with Gasteiger partial charge in [-0.15, -0.1) is 0 Å². The molecule has 0 heterocycles. The second-order valence-electron chi connectivity index (χ2n) is 7.58. The molecule has 1 unspecified atom stereocenters. The molecule has 0 aliphatic carbocycles. The highest BCUT2D eigenvalue weighted by atomic mass is 35.5. The van der Waals surface area contributed by atoms with Crippen molar-refractivity contribution in [1.82, 2.24) is 10.9 Å². The molecule has 0 radical (unpaired) electrons. The Labute approximate surface area is 217 Å². The third-order valence-corrected chi connectivity index (χ3v) is 5.50. The Balaban J connectivity index is 2.38. The fourth-order valence-electron chi connectivity index (χ4n) is 2.97. The van der Waals surface area contributed by atoms with Crippen LogP contribution < -0.4 is 10.9 Å². The molecule has 4 nitrogen and oxygen atoms in total. The SMILES string of the molecule is O=C(CCC(F)(F)F)NNC(=O)c1ccc(C(F)=CC(c2ccc(Cl)c(Cl)c2)C(F)(F)F)cc1C(F)(F)F. The predicted molar refractivity (Wildman–Crippen MR) is 117 cm³/mol. The highest BCUT2D eigenvalue weighted by Crippen LogP contribution is 2.41. The molecule has 0 aromatic heterocycles. The van der Waals surface area contributed by atoms with Crippen molar-refractivity contribution in [3.63, 3.8) is 0 Å². The highest BCUT2D eigenvalue weighted by Gasteiger charge is 2.41. The second kappa shape index (κ2) is 11.8. The minimum atomic E-state index is -5.32. The summed E-state index contributed by atoms with van der Waals surface area (Å²) in [7, 11) is 0. The number of hydrogen-bond donors (Lipinski definition) is 2. The van der Waals surface area contributed by atoms with E-state index in [0.29, 0.717) is 12.1 Å². The summed E-state index contributed by atoms with van der Waals surface area (Å²) in [6.45, 7) is 0. The first-order chi connectivity index (χ1) is 17.3. The molecule has 2 rings (SSSR count). The zero-order chi connectivity index (χ0) is 29.1. The molecule has 0 aliphatic rings. The molecule has 2 aromatic rings. The van der Waals surface area contributed by atoms with E-state index in [0.717, 1.165) is 18.2 Å². The average molecular weight is 599 g/mol. The normalized spacial score (nSPS) is 13.7. The van der Waals surface area contributed by atoms with Gasteiger partial charge in [-0.25, -0.2) is 4.39 Å². The third-order valence-electron chi connectivity index (χ3n) is 4.76. The Morgan fingerprint density at radius 3 is 2.03 bits per heavy atom. The maximum Gasteiger partial charge on any atom is 0.417 e. The molecular weight excluding hydrogens is 585 g/mol. The van der Waals surface area contributed by atoms with Crippen molar-refractivity contribution in [3.8, 4) is 0 Å². The molecule has 0 aliphatic heterocycles. The van der Waals surface area contributed by atoms with E-state index in [4.69, 9.17) is 23.2 Å². The van der Waals surface area contributed by atoms with Gasteiger partial charge in [0.1, 0.15) is 11.7 Å². The number of carbonyl (C=O) groups excluding carboxylic acids is 2. The summed E-state index contributed by atoms with van der Waals surface area (Å²) in [5.74, 6) is -7.36. The van der Waals surface area contributed by atoms with Crippen molar-refractivity contribution in [2.24, 2.45) is 0 Å². The first kappa shape index (κ1) is 31.2. The molecule has 2 aromatic carbocycles. The molecule has 0 saturated heterocycles. The number of halogens is 12. The van der Waals surface area contributed by atoms with E-state index in [2.05, 4.69) is 0 Å². The van der Waals surface area contributed by atoms with Gasteiger partial charge < -0.3 is 0 Å². The summed E-state index contributed by atoms with van der Waals surface area (Å²) in [5.41, 5.74) is -1.52. The fourth-order valence-corrected chi connectivity index (χ4v) is 3.27. The van der Waals surface area contributed by atoms with Crippen molar-refractivity contribution < 1.29 is 53.5 Å². The van der Waals surface area contributed by atoms with Crippen molar-refractivity contribution in [1.29, 1.82) is 0 Å². The van der Waals surface area contributed by atoms with Crippen molar-refractivity contribution in [2.45, 2.75) is 37.3 Å². The first-order valence-corrected chi connectivity index (χ1v) is 10.8. The molecule has 0 saturated carbocycles. The van der Waals surface area contributed by atoms with Crippen LogP contribution in [0.25, 0.3) is 5.83 Å². The summed E-state index contributed by atoms with van der Waals surface area (Å²) in [6, 6.07) is 3.78. The van der Waals surface area contributed by atoms with Crippen LogP contribution in [0.1, 0.15) is 45.8 Å². The molecule has 2 amide bonds. The molecule has 2 N–H and O–H groups in total. The van der Waals surface area contributed by atoms with Crippen molar-refractivity contribution >= 4 is 40.8 Å². The van der Waals surface area contributed by atoms with E-state index >= 15 is 0 Å². The number of benzene rings is 2. The highest BCUT2D eigenvalue weighted by molar-refractivity contribution is 6.42. The van der Waals surface area contributed by atoms with Crippen LogP contribution in [0.4, 0.5) is 43.9 Å². The molecule has 38 heavy (non-hydrogen) atoms. The fraction of sp³-hybridized carbons (Fsp3) is 0.273. The first-order valence-electron chi connectivity index (χ1n) is 10.1. The van der Waals surface area contributed by atoms with E-state index in [1.54, 1.807) is 0 Å². The van der Waals surface area contributed by atoms with Crippen LogP contribution >= 0.6 is 23.2 Å². The van der Waals surface area contributed by atoms with E-state index in [1.807, 2.05) is 0 Å². The summed E-state index contributed by atoms with van der Waals surface area (Å²) >= 11 is 11.4. The third kappa shape index (κ3) is 8.79. The number of hydrazine groups is 1. The Kier molecular flexibility index (Phi) is 9.70. The van der Waals surface area contributed by atoms with Gasteiger partial charge in [0.05, 0.1) is 27.6 Å². The molecular formula is C22H14Cl2F10N2O2. The zero-order valence-corrected chi connectivity index (χ0v) is 19.9. The number of alkyl halides is 9. The Morgan fingerprint density at radius 2 is 1.50 bits per heavy atom. The van der Waals surface area contributed by atoms with E-state index in [-0.39, 0.29) is 22.2 Å². The van der Waals surface area contributed by atoms with Crippen LogP contribution in [0, 0.1) is 0 Å². The Bertz CT molecular complexity index is 1220. The number of nitrogens with one attached hydrogen (secondary N) is 2. The number of allylic oxidation sites excluding steroid dienone is 1. The van der Waals surface area contributed by atoms with Crippen molar-refractivity contribution in [3.05, 3.63) is 74.8 Å². The predicted octanol–water partition coefficient (Wildman–Crippen LogP) is 7.77. The topological polar surface area (TPSA) is 58.2 Å². The van der Waals surface area contributed by atoms with Gasteiger partial charge in [-0.1, -0.05) is 35.3 Å². The lowest BCUT2D eigenvalue weighted by Crippen LogP contribution is -2.42. The molecule has 0 bridgehead atoms. The summed E-state index contributed by atoms with van der Waals surface area (Å²) in [5, 5.41) is -0.381. The van der Waals surface area contributed by atoms with Gasteiger partial charge in [0.15, 0.2) is 0 Å². The molecule has 0 spiro atoms. The van der Waals surface area contributed by atoms with E-state index in [9.17, 15) is 53.5 Å². The van der Waals surface area contributed by atoms with Crippen LogP contribution in [-0.2, 0) is 11.0 Å². The molecule has 208 valence electrons. The number of rotatable bonds is 6. The van der Waals surface area contributed by atoms with Gasteiger partial charge in [-0.2, -0.15) is 39.5 Å². The van der Waals surface area contributed by atoms with Crippen LogP contribution in [0.15, 0.2) is 42.5 Å². The van der Waals surface area contributed by atoms with Crippen LogP contribution in [-0.4, -0.2) is 24.2 Å². The van der Waals surface area contributed by atoms with Gasteiger partial charge in [-0.3, -0.25) is 20.4 Å². The van der Waals surface area contributed by atoms with Gasteiger partial charge in [0.25, 0.3) is 5.91 Å². The van der Waals surface area contributed by atoms with Crippen molar-refractivity contribution in [2.75, 3.05) is 0 Å². The summed E-state index contributed by atoms with van der Waals surface area (Å²) < 4.78 is 133. The molecule has 1 atom stereocenters. The minimum Gasteiger partial charge on any atom is -0.273 e. The lowest BCUT2D eigenvalue weighted by molar-refractivity contribution is -0.144. The minimum absolute atomic E-state index is 0.00960. The lowest BCUT2D eigenvalue weighted by atomic mass is 9.95. The monoisotopic (exact) mass is 598 g/mol. The molecule has 0 fully saturated rings. The van der Waals surface area contributed by atoms with E-state index < -0.39 is 77.2 Å².